The maximum absolute atomic E-state index is 13.4. The lowest BCUT2D eigenvalue weighted by atomic mass is 9.88. The molecule has 1 aliphatic carbocycles. The fraction of sp³-hybridized carbons (Fsp3) is 0.636. The molecule has 1 saturated heterocycles. The molecule has 6 nitrogen and oxygen atoms in total. The summed E-state index contributed by atoms with van der Waals surface area (Å²) in [4.78, 5) is 29.2. The molecular formula is C22H30N2O4. The van der Waals surface area contributed by atoms with Crippen LogP contribution in [0.2, 0.25) is 0 Å². The van der Waals surface area contributed by atoms with Crippen LogP contribution < -0.4 is 9.47 Å². The van der Waals surface area contributed by atoms with Crippen LogP contribution in [0.1, 0.15) is 57.4 Å². The molecule has 2 heterocycles. The van der Waals surface area contributed by atoms with Crippen molar-refractivity contribution >= 4 is 11.8 Å². The topological polar surface area (TPSA) is 59.1 Å². The van der Waals surface area contributed by atoms with E-state index in [1.165, 1.54) is 32.1 Å². The van der Waals surface area contributed by atoms with Gasteiger partial charge < -0.3 is 19.3 Å². The highest BCUT2D eigenvalue weighted by molar-refractivity contribution is 5.87. The molecule has 1 saturated carbocycles. The highest BCUT2D eigenvalue weighted by Gasteiger charge is 2.36. The molecule has 0 N–H and O–H groups in total. The Bertz CT molecular complexity index is 729. The predicted octanol–water partition coefficient (Wildman–Crippen LogP) is 3.34. The summed E-state index contributed by atoms with van der Waals surface area (Å²) in [5, 5.41) is 0. The first-order valence-electron chi connectivity index (χ1n) is 10.6. The molecule has 3 aliphatic rings. The number of hydrogen-bond acceptors (Lipinski definition) is 4. The minimum absolute atomic E-state index is 0.00320. The number of carbonyl (C=O) groups is 2. The van der Waals surface area contributed by atoms with Crippen molar-refractivity contribution in [2.45, 2.75) is 64.5 Å². The molecule has 0 aromatic heterocycles. The maximum atomic E-state index is 13.4. The molecule has 2 amide bonds. The average molecular weight is 386 g/mol. The second-order valence-corrected chi connectivity index (χ2v) is 8.28. The van der Waals surface area contributed by atoms with Gasteiger partial charge in [0, 0.05) is 26.6 Å². The van der Waals surface area contributed by atoms with E-state index in [2.05, 4.69) is 0 Å². The van der Waals surface area contributed by atoms with Gasteiger partial charge >= 0.3 is 0 Å². The van der Waals surface area contributed by atoms with Crippen LogP contribution in [0.5, 0.6) is 11.5 Å². The van der Waals surface area contributed by atoms with Gasteiger partial charge in [-0.05, 0) is 49.3 Å². The lowest BCUT2D eigenvalue weighted by Crippen LogP contribution is -2.48. The monoisotopic (exact) mass is 386 g/mol. The van der Waals surface area contributed by atoms with E-state index >= 15 is 0 Å². The molecule has 28 heavy (non-hydrogen) atoms. The lowest BCUT2D eigenvalue weighted by Gasteiger charge is -2.33. The molecule has 152 valence electrons. The first-order valence-corrected chi connectivity index (χ1v) is 10.6. The Balaban J connectivity index is 1.52. The van der Waals surface area contributed by atoms with Crippen molar-refractivity contribution in [3.05, 3.63) is 23.8 Å². The second-order valence-electron chi connectivity index (χ2n) is 8.28. The lowest BCUT2D eigenvalue weighted by molar-refractivity contribution is -0.143. The van der Waals surface area contributed by atoms with Crippen molar-refractivity contribution in [1.82, 2.24) is 9.80 Å². The molecule has 4 rings (SSSR count). The van der Waals surface area contributed by atoms with Crippen molar-refractivity contribution in [2.24, 2.45) is 5.92 Å². The van der Waals surface area contributed by atoms with Gasteiger partial charge in [0.15, 0.2) is 11.5 Å². The molecule has 2 aliphatic heterocycles. The number of likely N-dealkylation sites (tertiary alicyclic amines) is 1. The van der Waals surface area contributed by atoms with Gasteiger partial charge in [-0.15, -0.1) is 0 Å². The molecule has 0 radical (unpaired) electrons. The van der Waals surface area contributed by atoms with Gasteiger partial charge in [0.25, 0.3) is 0 Å². The zero-order valence-electron chi connectivity index (χ0n) is 16.7. The number of ether oxygens (including phenoxy) is 2. The standard InChI is InChI=1S/C22H30N2O4/c1-16(25)24-11-5-8-19(24)22(26)23(13-17-6-3-2-4-7-17)14-18-9-10-20-21(12-18)28-15-27-20/h9-10,12,17,19H,2-8,11,13-15H2,1H3/t19-/m0/s1. The summed E-state index contributed by atoms with van der Waals surface area (Å²) in [6, 6.07) is 5.58. The van der Waals surface area contributed by atoms with Crippen LogP contribution in [-0.2, 0) is 16.1 Å². The molecule has 0 unspecified atom stereocenters. The van der Waals surface area contributed by atoms with Gasteiger partial charge in [-0.25, -0.2) is 0 Å². The molecular weight excluding hydrogens is 356 g/mol. The van der Waals surface area contributed by atoms with Crippen molar-refractivity contribution in [3.8, 4) is 11.5 Å². The molecule has 1 atom stereocenters. The first-order chi connectivity index (χ1) is 13.6. The summed E-state index contributed by atoms with van der Waals surface area (Å²) in [5.41, 5.74) is 1.04. The minimum Gasteiger partial charge on any atom is -0.454 e. The number of hydrogen-bond donors (Lipinski definition) is 0. The van der Waals surface area contributed by atoms with Crippen molar-refractivity contribution in [3.63, 3.8) is 0 Å². The van der Waals surface area contributed by atoms with E-state index in [1.807, 2.05) is 23.1 Å². The number of amides is 2. The fourth-order valence-corrected chi connectivity index (χ4v) is 4.78. The number of rotatable bonds is 5. The normalized spacial score (nSPS) is 21.8. The van der Waals surface area contributed by atoms with Gasteiger partial charge in [0.05, 0.1) is 0 Å². The number of carbonyl (C=O) groups excluding carboxylic acids is 2. The van der Waals surface area contributed by atoms with Crippen LogP contribution in [0, 0.1) is 5.92 Å². The molecule has 0 bridgehead atoms. The largest absolute Gasteiger partial charge is 0.454 e. The van der Waals surface area contributed by atoms with Gasteiger partial charge in [-0.2, -0.15) is 0 Å². The summed E-state index contributed by atoms with van der Waals surface area (Å²) in [6.45, 7) is 3.82. The van der Waals surface area contributed by atoms with E-state index in [0.29, 0.717) is 19.0 Å². The second kappa shape index (κ2) is 8.41. The van der Waals surface area contributed by atoms with Crippen LogP contribution in [0.4, 0.5) is 0 Å². The van der Waals surface area contributed by atoms with Gasteiger partial charge in [-0.3, -0.25) is 9.59 Å². The fourth-order valence-electron chi connectivity index (χ4n) is 4.78. The third kappa shape index (κ3) is 4.10. The molecule has 0 spiro atoms. The van der Waals surface area contributed by atoms with Gasteiger partial charge in [-0.1, -0.05) is 25.3 Å². The molecule has 1 aromatic rings. The number of benzene rings is 1. The van der Waals surface area contributed by atoms with Crippen LogP contribution in [0.15, 0.2) is 18.2 Å². The Kier molecular flexibility index (Phi) is 5.74. The third-order valence-corrected chi connectivity index (χ3v) is 6.27. The van der Waals surface area contributed by atoms with Crippen LogP contribution in [0.3, 0.4) is 0 Å². The van der Waals surface area contributed by atoms with Gasteiger partial charge in [0.1, 0.15) is 6.04 Å². The average Bonchev–Trinajstić information content (AvgIpc) is 3.37. The van der Waals surface area contributed by atoms with Crippen LogP contribution in [-0.4, -0.2) is 47.5 Å². The highest BCUT2D eigenvalue weighted by Crippen LogP contribution is 2.33. The number of nitrogens with zero attached hydrogens (tertiary/aromatic N) is 2. The Morgan fingerprint density at radius 2 is 1.86 bits per heavy atom. The Hall–Kier alpha value is -2.24. The van der Waals surface area contributed by atoms with Crippen LogP contribution >= 0.6 is 0 Å². The third-order valence-electron chi connectivity index (χ3n) is 6.27. The van der Waals surface area contributed by atoms with Crippen molar-refractivity contribution in [2.75, 3.05) is 19.9 Å². The smallest absolute Gasteiger partial charge is 0.245 e. The zero-order valence-corrected chi connectivity index (χ0v) is 16.7. The number of fused-ring (bicyclic) bond motifs is 1. The summed E-state index contributed by atoms with van der Waals surface area (Å²) in [7, 11) is 0. The first kappa shape index (κ1) is 19.1. The summed E-state index contributed by atoms with van der Waals surface area (Å²) in [5.74, 6) is 2.15. The maximum Gasteiger partial charge on any atom is 0.245 e. The summed E-state index contributed by atoms with van der Waals surface area (Å²) < 4.78 is 10.9. The Morgan fingerprint density at radius 1 is 1.07 bits per heavy atom. The van der Waals surface area contributed by atoms with Crippen LogP contribution in [0.25, 0.3) is 0 Å². The molecule has 1 aromatic carbocycles. The Labute approximate surface area is 166 Å². The summed E-state index contributed by atoms with van der Waals surface area (Å²) in [6.07, 6.45) is 7.84. The summed E-state index contributed by atoms with van der Waals surface area (Å²) >= 11 is 0. The quantitative estimate of drug-likeness (QED) is 0.779. The van der Waals surface area contributed by atoms with E-state index < -0.39 is 0 Å². The van der Waals surface area contributed by atoms with E-state index in [4.69, 9.17) is 9.47 Å². The van der Waals surface area contributed by atoms with Crippen molar-refractivity contribution < 1.29 is 19.1 Å². The van der Waals surface area contributed by atoms with E-state index in [0.717, 1.165) is 36.4 Å². The van der Waals surface area contributed by atoms with Gasteiger partial charge in [0.2, 0.25) is 18.6 Å². The minimum atomic E-state index is -0.310. The van der Waals surface area contributed by atoms with Crippen molar-refractivity contribution in [1.29, 1.82) is 0 Å². The molecule has 6 heteroatoms. The predicted molar refractivity (Wildman–Crippen MR) is 105 cm³/mol. The van der Waals surface area contributed by atoms with E-state index in [1.54, 1.807) is 11.8 Å². The highest BCUT2D eigenvalue weighted by atomic mass is 16.7. The molecule has 2 fully saturated rings. The van der Waals surface area contributed by atoms with E-state index in [9.17, 15) is 9.59 Å². The zero-order chi connectivity index (χ0) is 19.5. The van der Waals surface area contributed by atoms with E-state index in [-0.39, 0.29) is 24.6 Å². The Morgan fingerprint density at radius 3 is 2.64 bits per heavy atom. The SMILES string of the molecule is CC(=O)N1CCC[C@H]1C(=O)N(Cc1ccc2c(c1)OCO2)CC1CCCCC1.